The maximum absolute atomic E-state index is 14.2. The van der Waals surface area contributed by atoms with Gasteiger partial charge in [0, 0.05) is 30.4 Å². The van der Waals surface area contributed by atoms with Crippen LogP contribution in [0.3, 0.4) is 0 Å². The molecule has 1 aliphatic heterocycles. The van der Waals surface area contributed by atoms with Crippen LogP contribution in [0, 0.1) is 19.3 Å². The fourth-order valence-corrected chi connectivity index (χ4v) is 9.78. The van der Waals surface area contributed by atoms with E-state index in [1.165, 1.54) is 135 Å². The number of hydrogen-bond donors (Lipinski definition) is 1. The monoisotopic (exact) mass is 1030 g/mol. The molecule has 1 fully saturated rings. The van der Waals surface area contributed by atoms with Crippen LogP contribution in [0.2, 0.25) is 0 Å². The Morgan fingerprint density at radius 1 is 0.640 bits per heavy atom. The van der Waals surface area contributed by atoms with Gasteiger partial charge in [-0.3, -0.25) is 14.2 Å². The van der Waals surface area contributed by atoms with Gasteiger partial charge in [0.05, 0.1) is 17.5 Å². The number of rotatable bonds is 38. The number of benzene rings is 2. The number of anilines is 1. The van der Waals surface area contributed by atoms with Gasteiger partial charge in [-0.2, -0.15) is 0 Å². The molecule has 1 aliphatic rings. The summed E-state index contributed by atoms with van der Waals surface area (Å²) in [5, 5.41) is 0. The van der Waals surface area contributed by atoms with Crippen molar-refractivity contribution in [1.29, 1.82) is 0 Å². The predicted octanol–water partition coefficient (Wildman–Crippen LogP) is 14.1. The zero-order valence-corrected chi connectivity index (χ0v) is 45.6. The van der Waals surface area contributed by atoms with Crippen LogP contribution in [0.1, 0.15) is 244 Å². The summed E-state index contributed by atoms with van der Waals surface area (Å²) in [6, 6.07) is 13.5. The van der Waals surface area contributed by atoms with E-state index in [1.807, 2.05) is 0 Å². The number of nitrogens with zero attached hydrogens (tertiary/aromatic N) is 4. The Kier molecular flexibility index (Phi) is 27.2. The first kappa shape index (κ1) is 60.1. The van der Waals surface area contributed by atoms with Crippen LogP contribution < -0.4 is 5.73 Å². The highest BCUT2D eigenvalue weighted by atomic mass is 16.6. The number of terminal acetylenes is 1. The minimum Gasteiger partial charge on any atom is -0.461 e. The fourth-order valence-electron chi connectivity index (χ4n) is 9.78. The molecule has 4 aromatic rings. The fraction of sp³-hybridized carbons (Fsp3) is 0.623. The maximum Gasteiger partial charge on any atom is 0.338 e. The highest BCUT2D eigenvalue weighted by Crippen LogP contribution is 2.41. The SMILES string of the molecule is C#C[C@]1(COC(=O)c2ccccc2COC(=O)CCCCCCCCCCCCCCC)O[C@@H](n2cnc3c(N)nc(C)nc32)C[C@@H]1OC(=O)c1ccccc1COC(=O)CCCCCCCCCCCCCCC. The average Bonchev–Trinajstić information content (AvgIpc) is 4.01. The van der Waals surface area contributed by atoms with Gasteiger partial charge < -0.3 is 29.4 Å². The van der Waals surface area contributed by atoms with Crippen LogP contribution in [0.15, 0.2) is 54.9 Å². The Morgan fingerprint density at radius 3 is 1.55 bits per heavy atom. The van der Waals surface area contributed by atoms with Crippen molar-refractivity contribution in [2.24, 2.45) is 0 Å². The number of fused-ring (bicyclic) bond motifs is 1. The van der Waals surface area contributed by atoms with Gasteiger partial charge in [0.1, 0.15) is 37.4 Å². The Morgan fingerprint density at radius 2 is 1.08 bits per heavy atom. The van der Waals surface area contributed by atoms with Crippen LogP contribution in [0.5, 0.6) is 0 Å². The normalized spacial score (nSPS) is 16.2. The number of ether oxygens (including phenoxy) is 5. The number of unbranched alkanes of at least 4 members (excludes halogenated alkanes) is 24. The topological polar surface area (TPSA) is 184 Å². The Hall–Kier alpha value is -5.81. The number of aryl methyl sites for hydroxylation is 1. The Bertz CT molecular complexity index is 2400. The molecule has 14 nitrogen and oxygen atoms in total. The quantitative estimate of drug-likeness (QED) is 0.0194. The van der Waals surface area contributed by atoms with Gasteiger partial charge in [-0.15, -0.1) is 6.42 Å². The summed E-state index contributed by atoms with van der Waals surface area (Å²) in [6.45, 7) is 5.44. The molecule has 0 bridgehead atoms. The third kappa shape index (κ3) is 20.3. The predicted molar refractivity (Wildman–Crippen MR) is 293 cm³/mol. The third-order valence-electron chi connectivity index (χ3n) is 14.3. The highest BCUT2D eigenvalue weighted by Gasteiger charge is 2.53. The Labute approximate surface area is 447 Å². The molecule has 3 atom stereocenters. The van der Waals surface area contributed by atoms with Gasteiger partial charge in [-0.05, 0) is 31.9 Å². The summed E-state index contributed by atoms with van der Waals surface area (Å²) in [4.78, 5) is 67.0. The Balaban J connectivity index is 1.14. The van der Waals surface area contributed by atoms with Crippen LogP contribution in [0.25, 0.3) is 11.2 Å². The first-order valence-electron chi connectivity index (χ1n) is 28.6. The lowest BCUT2D eigenvalue weighted by Crippen LogP contribution is -2.45. The molecule has 0 radical (unpaired) electrons. The lowest BCUT2D eigenvalue weighted by Gasteiger charge is -2.29. The molecule has 0 amide bonds. The van der Waals surface area contributed by atoms with Crippen molar-refractivity contribution in [3.63, 3.8) is 0 Å². The molecule has 2 aromatic heterocycles. The number of carbonyl (C=O) groups is 4. The summed E-state index contributed by atoms with van der Waals surface area (Å²) in [7, 11) is 0. The van der Waals surface area contributed by atoms with Crippen molar-refractivity contribution < 1.29 is 42.9 Å². The molecule has 1 saturated heterocycles. The number of nitrogen functional groups attached to an aromatic ring is 1. The van der Waals surface area contributed by atoms with E-state index in [0.717, 1.165) is 38.5 Å². The van der Waals surface area contributed by atoms with E-state index < -0.39 is 36.5 Å². The number of hydrogen-bond acceptors (Lipinski definition) is 13. The lowest BCUT2D eigenvalue weighted by molar-refractivity contribution is -0.146. The van der Waals surface area contributed by atoms with Gasteiger partial charge >= 0.3 is 23.9 Å². The van der Waals surface area contributed by atoms with E-state index in [1.54, 1.807) is 60.0 Å². The molecule has 2 N–H and O–H groups in total. The molecule has 2 aromatic carbocycles. The molecular formula is C61H87N5O9. The van der Waals surface area contributed by atoms with Crippen molar-refractivity contribution in [2.75, 3.05) is 12.3 Å². The summed E-state index contributed by atoms with van der Waals surface area (Å²) in [5.74, 6) is 1.11. The zero-order chi connectivity index (χ0) is 53.5. The molecular weight excluding hydrogens is 947 g/mol. The number of nitrogens with two attached hydrogens (primary N) is 1. The van der Waals surface area contributed by atoms with Crippen molar-refractivity contribution >= 4 is 40.9 Å². The second-order valence-corrected chi connectivity index (χ2v) is 20.4. The first-order chi connectivity index (χ1) is 36.6. The highest BCUT2D eigenvalue weighted by molar-refractivity contribution is 5.92. The van der Waals surface area contributed by atoms with Crippen molar-refractivity contribution in [1.82, 2.24) is 19.5 Å². The average molecular weight is 1030 g/mol. The summed E-state index contributed by atoms with van der Waals surface area (Å²) >= 11 is 0. The van der Waals surface area contributed by atoms with Crippen LogP contribution in [-0.4, -0.2) is 61.7 Å². The summed E-state index contributed by atoms with van der Waals surface area (Å²) in [5.41, 5.74) is 6.42. The number of imidazole rings is 1. The smallest absolute Gasteiger partial charge is 0.338 e. The van der Waals surface area contributed by atoms with Gasteiger partial charge in [-0.25, -0.2) is 24.5 Å². The van der Waals surface area contributed by atoms with E-state index in [9.17, 15) is 19.2 Å². The molecule has 0 saturated carbocycles. The molecule has 14 heteroatoms. The van der Waals surface area contributed by atoms with E-state index in [0.29, 0.717) is 41.0 Å². The molecule has 0 unspecified atom stereocenters. The number of carbonyl (C=O) groups excluding carboxylic acids is 4. The van der Waals surface area contributed by atoms with Crippen LogP contribution in [0.4, 0.5) is 5.82 Å². The minimum absolute atomic E-state index is 0.0178. The maximum atomic E-state index is 14.2. The van der Waals surface area contributed by atoms with Gasteiger partial charge in [0.2, 0.25) is 5.60 Å². The lowest BCUT2D eigenvalue weighted by atomic mass is 9.98. The second-order valence-electron chi connectivity index (χ2n) is 20.4. The van der Waals surface area contributed by atoms with Crippen molar-refractivity contribution in [3.8, 4) is 12.3 Å². The molecule has 410 valence electrons. The minimum atomic E-state index is -1.79. The largest absolute Gasteiger partial charge is 0.461 e. The van der Waals surface area contributed by atoms with Crippen LogP contribution >= 0.6 is 0 Å². The third-order valence-corrected chi connectivity index (χ3v) is 14.3. The van der Waals surface area contributed by atoms with Gasteiger partial charge in [0.15, 0.2) is 17.6 Å². The van der Waals surface area contributed by atoms with Crippen LogP contribution in [-0.2, 0) is 46.5 Å². The standard InChI is InChI=1S/C61H87N5O9/c1-5-8-10-12-14-16-18-20-22-24-26-28-30-40-54(67)71-43-48-36-32-34-38-50(48)59(69)73-45-61(7-3)52(42-53(75-61)66-46-63-56-57(62)64-47(4)65-58(56)66)74-60(70)51-39-35-33-37-49(51)44-72-55(68)41-31-29-27-25-23-21-19-17-15-13-11-9-6-2/h3,32-39,46,52-53H,5-6,8-31,40-45H2,1-2,4H3,(H2,62,64,65)/t52-,53+,61+/m0/s1. The molecule has 5 rings (SSSR count). The van der Waals surface area contributed by atoms with Crippen molar-refractivity contribution in [2.45, 2.75) is 238 Å². The van der Waals surface area contributed by atoms with E-state index in [2.05, 4.69) is 34.7 Å². The summed E-state index contributed by atoms with van der Waals surface area (Å²) in [6.07, 6.45) is 37.8. The number of esters is 4. The molecule has 3 heterocycles. The second kappa shape index (κ2) is 34.0. The summed E-state index contributed by atoms with van der Waals surface area (Å²) < 4.78 is 31.6. The molecule has 0 spiro atoms. The zero-order valence-electron chi connectivity index (χ0n) is 45.6. The van der Waals surface area contributed by atoms with E-state index in [-0.39, 0.29) is 48.5 Å². The van der Waals surface area contributed by atoms with E-state index >= 15 is 0 Å². The molecule has 75 heavy (non-hydrogen) atoms. The number of aromatic nitrogens is 4. The molecule has 0 aliphatic carbocycles. The first-order valence-corrected chi connectivity index (χ1v) is 28.6. The van der Waals surface area contributed by atoms with Crippen molar-refractivity contribution in [3.05, 3.63) is 82.9 Å². The van der Waals surface area contributed by atoms with E-state index in [4.69, 9.17) is 35.8 Å². The van der Waals surface area contributed by atoms with Gasteiger partial charge in [-0.1, -0.05) is 210 Å². The van der Waals surface area contributed by atoms with Gasteiger partial charge in [0.25, 0.3) is 0 Å².